The van der Waals surface area contributed by atoms with Gasteiger partial charge in [-0.15, -0.1) is 0 Å². The van der Waals surface area contributed by atoms with Gasteiger partial charge in [-0.1, -0.05) is 12.1 Å². The minimum atomic E-state index is -0.995. The Balaban J connectivity index is 1.42. The number of benzene rings is 1. The summed E-state index contributed by atoms with van der Waals surface area (Å²) >= 11 is 0. The highest BCUT2D eigenvalue weighted by Gasteiger charge is 2.55. The second-order valence-electron chi connectivity index (χ2n) is 8.51. The van der Waals surface area contributed by atoms with E-state index in [2.05, 4.69) is 5.32 Å². The lowest BCUT2D eigenvalue weighted by molar-refractivity contribution is -0.383. The van der Waals surface area contributed by atoms with Gasteiger partial charge in [0.2, 0.25) is 0 Å². The third-order valence-electron chi connectivity index (χ3n) is 6.48. The Kier molecular flexibility index (Phi) is 4.40. The zero-order valence-corrected chi connectivity index (χ0v) is 15.3. The molecule has 5 rings (SSSR count). The molecule has 0 aromatic heterocycles. The van der Waals surface area contributed by atoms with E-state index >= 15 is 0 Å². The van der Waals surface area contributed by atoms with Gasteiger partial charge < -0.3 is 10.1 Å². The van der Waals surface area contributed by atoms with Gasteiger partial charge in [0.15, 0.2) is 6.10 Å². The van der Waals surface area contributed by atoms with Crippen LogP contribution in [0.3, 0.4) is 0 Å². The van der Waals surface area contributed by atoms with Gasteiger partial charge in [-0.3, -0.25) is 19.7 Å². The number of hydrogen-bond acceptors (Lipinski definition) is 5. The molecule has 4 fully saturated rings. The molecule has 0 radical (unpaired) electrons. The molecule has 1 amide bonds. The third kappa shape index (κ3) is 3.31. The number of amides is 1. The average Bonchev–Trinajstić information content (AvgIpc) is 2.60. The summed E-state index contributed by atoms with van der Waals surface area (Å²) in [5, 5.41) is 13.6. The first-order valence-corrected chi connectivity index (χ1v) is 9.62. The van der Waals surface area contributed by atoms with Crippen LogP contribution in [-0.2, 0) is 14.3 Å². The summed E-state index contributed by atoms with van der Waals surface area (Å²) in [5.41, 5.74) is -0.516. The highest BCUT2D eigenvalue weighted by Crippen LogP contribution is 2.60. The van der Waals surface area contributed by atoms with Crippen LogP contribution in [-0.4, -0.2) is 22.9 Å². The number of nitrogens with zero attached hydrogens (tertiary/aromatic N) is 1. The van der Waals surface area contributed by atoms with E-state index in [0.29, 0.717) is 17.8 Å². The molecule has 1 aromatic rings. The largest absolute Gasteiger partial charge is 0.452 e. The van der Waals surface area contributed by atoms with Crippen molar-refractivity contribution in [1.82, 2.24) is 0 Å². The van der Waals surface area contributed by atoms with Gasteiger partial charge in [-0.05, 0) is 69.3 Å². The van der Waals surface area contributed by atoms with E-state index in [0.717, 1.165) is 19.3 Å². The number of rotatable bonds is 5. The summed E-state index contributed by atoms with van der Waals surface area (Å²) < 4.78 is 5.55. The van der Waals surface area contributed by atoms with E-state index in [4.69, 9.17) is 4.74 Å². The van der Waals surface area contributed by atoms with E-state index in [1.807, 2.05) is 0 Å². The molecule has 7 heteroatoms. The smallest absolute Gasteiger partial charge is 0.312 e. The van der Waals surface area contributed by atoms with Gasteiger partial charge in [-0.25, -0.2) is 0 Å². The topological polar surface area (TPSA) is 98.5 Å². The molecule has 1 atom stereocenters. The molecule has 4 bridgehead atoms. The van der Waals surface area contributed by atoms with Crippen LogP contribution in [0.4, 0.5) is 11.4 Å². The van der Waals surface area contributed by atoms with Gasteiger partial charge in [-0.2, -0.15) is 0 Å². The predicted molar refractivity (Wildman–Crippen MR) is 97.9 cm³/mol. The lowest BCUT2D eigenvalue weighted by Gasteiger charge is -2.55. The number of nitrogens with one attached hydrogen (secondary N) is 1. The number of esters is 1. The number of para-hydroxylation sites is 2. The van der Waals surface area contributed by atoms with Crippen molar-refractivity contribution in [2.24, 2.45) is 23.2 Å². The molecule has 4 saturated carbocycles. The molecule has 4 aliphatic carbocycles. The van der Waals surface area contributed by atoms with Crippen LogP contribution >= 0.6 is 0 Å². The summed E-state index contributed by atoms with van der Waals surface area (Å²) in [6.45, 7) is 1.52. The maximum atomic E-state index is 12.9. The normalized spacial score (nSPS) is 32.0. The summed E-state index contributed by atoms with van der Waals surface area (Å²) in [5.74, 6) is 1.01. The molecule has 7 nitrogen and oxygen atoms in total. The van der Waals surface area contributed by atoms with Crippen molar-refractivity contribution in [2.45, 2.75) is 51.6 Å². The molecular weight excluding hydrogens is 348 g/mol. The first-order chi connectivity index (χ1) is 12.9. The summed E-state index contributed by atoms with van der Waals surface area (Å²) in [7, 11) is 0. The number of carbonyl (C=O) groups is 2. The van der Waals surface area contributed by atoms with Crippen LogP contribution in [0.1, 0.15) is 45.4 Å². The van der Waals surface area contributed by atoms with Gasteiger partial charge in [0.05, 0.1) is 10.3 Å². The first-order valence-electron chi connectivity index (χ1n) is 9.62. The fourth-order valence-electron chi connectivity index (χ4n) is 5.67. The zero-order chi connectivity index (χ0) is 19.2. The Morgan fingerprint density at radius 3 is 2.26 bits per heavy atom. The molecule has 0 saturated heterocycles. The minimum absolute atomic E-state index is 0.102. The van der Waals surface area contributed by atoms with Crippen LogP contribution in [0.5, 0.6) is 0 Å². The number of nitro benzene ring substituents is 1. The number of nitro groups is 1. The second kappa shape index (κ2) is 6.62. The fraction of sp³-hybridized carbons (Fsp3) is 0.600. The quantitative estimate of drug-likeness (QED) is 0.483. The highest BCUT2D eigenvalue weighted by atomic mass is 16.6. The van der Waals surface area contributed by atoms with E-state index in [-0.39, 0.29) is 17.3 Å². The summed E-state index contributed by atoms with van der Waals surface area (Å²) in [4.78, 5) is 35.9. The maximum absolute atomic E-state index is 12.9. The lowest BCUT2D eigenvalue weighted by atomic mass is 9.49. The zero-order valence-electron chi connectivity index (χ0n) is 15.3. The molecule has 4 aliphatic rings. The maximum Gasteiger partial charge on any atom is 0.312 e. The Morgan fingerprint density at radius 1 is 1.15 bits per heavy atom. The number of ether oxygens (including phenoxy) is 1. The van der Waals surface area contributed by atoms with Gasteiger partial charge in [0, 0.05) is 6.07 Å². The van der Waals surface area contributed by atoms with Crippen LogP contribution < -0.4 is 5.32 Å². The van der Waals surface area contributed by atoms with Gasteiger partial charge in [0.1, 0.15) is 5.69 Å². The molecule has 0 aliphatic heterocycles. The van der Waals surface area contributed by atoms with Crippen molar-refractivity contribution in [3.8, 4) is 0 Å². The van der Waals surface area contributed by atoms with E-state index < -0.39 is 22.3 Å². The van der Waals surface area contributed by atoms with Crippen LogP contribution in [0.2, 0.25) is 0 Å². The third-order valence-corrected chi connectivity index (χ3v) is 6.48. The predicted octanol–water partition coefficient (Wildman–Crippen LogP) is 3.68. The van der Waals surface area contributed by atoms with Crippen molar-refractivity contribution in [2.75, 3.05) is 5.32 Å². The lowest BCUT2D eigenvalue weighted by Crippen LogP contribution is -2.51. The molecule has 0 heterocycles. The van der Waals surface area contributed by atoms with Crippen molar-refractivity contribution >= 4 is 23.3 Å². The monoisotopic (exact) mass is 372 g/mol. The Bertz CT molecular complexity index is 755. The summed E-state index contributed by atoms with van der Waals surface area (Å²) in [6.07, 6.45) is 5.29. The SMILES string of the molecule is CC(OC(=O)C12CC3CC(CC(C3)C1)C2)C(=O)Nc1ccccc1[N+](=O)[O-]. The van der Waals surface area contributed by atoms with Crippen LogP contribution in [0.25, 0.3) is 0 Å². The number of anilines is 1. The first kappa shape index (κ1) is 17.9. The van der Waals surface area contributed by atoms with Crippen molar-refractivity contribution in [3.63, 3.8) is 0 Å². The molecule has 144 valence electrons. The average molecular weight is 372 g/mol. The minimum Gasteiger partial charge on any atom is -0.452 e. The molecule has 1 aromatic carbocycles. The molecule has 0 spiro atoms. The Morgan fingerprint density at radius 2 is 1.70 bits per heavy atom. The van der Waals surface area contributed by atoms with E-state index in [1.54, 1.807) is 6.07 Å². The van der Waals surface area contributed by atoms with Crippen molar-refractivity contribution in [3.05, 3.63) is 34.4 Å². The van der Waals surface area contributed by atoms with Gasteiger partial charge >= 0.3 is 5.97 Å². The number of carbonyl (C=O) groups excluding carboxylic acids is 2. The van der Waals surface area contributed by atoms with Crippen LogP contribution in [0, 0.1) is 33.3 Å². The summed E-state index contributed by atoms with van der Waals surface area (Å²) in [6, 6.07) is 5.92. The Labute approximate surface area is 157 Å². The van der Waals surface area contributed by atoms with E-state index in [9.17, 15) is 19.7 Å². The molecular formula is C20H24N2O5. The van der Waals surface area contributed by atoms with Gasteiger partial charge in [0.25, 0.3) is 11.6 Å². The molecule has 1 unspecified atom stereocenters. The highest BCUT2D eigenvalue weighted by molar-refractivity contribution is 5.97. The van der Waals surface area contributed by atoms with E-state index in [1.165, 1.54) is 44.4 Å². The Hall–Kier alpha value is -2.44. The van der Waals surface area contributed by atoms with Crippen LogP contribution in [0.15, 0.2) is 24.3 Å². The second-order valence-corrected chi connectivity index (χ2v) is 8.51. The molecule has 1 N–H and O–H groups in total. The number of hydrogen-bond donors (Lipinski definition) is 1. The molecule has 27 heavy (non-hydrogen) atoms. The van der Waals surface area contributed by atoms with Crippen molar-refractivity contribution in [1.29, 1.82) is 0 Å². The standard InChI is InChI=1S/C20H24N2O5/c1-12(18(23)21-16-4-2-3-5-17(16)22(25)26)27-19(24)20-9-13-6-14(10-20)8-15(7-13)11-20/h2-5,12-15H,6-11H2,1H3,(H,21,23). The van der Waals surface area contributed by atoms with Crippen molar-refractivity contribution < 1.29 is 19.2 Å². The fourth-order valence-corrected chi connectivity index (χ4v) is 5.67.